The molecular weight excluding hydrogens is 506 g/mol. The van der Waals surface area contributed by atoms with Crippen LogP contribution >= 0.6 is 24.0 Å². The average Bonchev–Trinajstić information content (AvgIpc) is 3.28. The van der Waals surface area contributed by atoms with Gasteiger partial charge < -0.3 is 19.7 Å². The zero-order chi connectivity index (χ0) is 20.8. The molecule has 1 aliphatic rings. The molecule has 8 heteroatoms. The SMILES string of the molecule is CN=C(NCc1cccc(Cn2ccnc2)c1)N1CCN(c2ccccc2F)CC1.I. The summed E-state index contributed by atoms with van der Waals surface area (Å²) in [6.07, 6.45) is 5.59. The fraction of sp³-hybridized carbons (Fsp3) is 0.304. The second-order valence-electron chi connectivity index (χ2n) is 7.38. The lowest BCUT2D eigenvalue weighted by Gasteiger charge is -2.37. The van der Waals surface area contributed by atoms with Crippen molar-refractivity contribution in [3.63, 3.8) is 0 Å². The Morgan fingerprint density at radius 1 is 1.06 bits per heavy atom. The molecule has 1 N–H and O–H groups in total. The number of para-hydroxylation sites is 1. The molecular formula is C23H28FIN6. The lowest BCUT2D eigenvalue weighted by atomic mass is 10.1. The molecule has 164 valence electrons. The Bertz CT molecular complexity index is 983. The smallest absolute Gasteiger partial charge is 0.194 e. The molecule has 0 bridgehead atoms. The maximum atomic E-state index is 14.1. The molecule has 1 fully saturated rings. The van der Waals surface area contributed by atoms with Gasteiger partial charge in [-0.2, -0.15) is 0 Å². The van der Waals surface area contributed by atoms with Crippen molar-refractivity contribution in [3.8, 4) is 0 Å². The Balaban J connectivity index is 0.00000272. The van der Waals surface area contributed by atoms with Gasteiger partial charge in [-0.3, -0.25) is 4.99 Å². The van der Waals surface area contributed by atoms with Crippen LogP contribution in [0.4, 0.5) is 10.1 Å². The number of rotatable bonds is 5. The third-order valence-electron chi connectivity index (χ3n) is 5.35. The number of nitrogens with one attached hydrogen (secondary N) is 1. The second-order valence-corrected chi connectivity index (χ2v) is 7.38. The summed E-state index contributed by atoms with van der Waals surface area (Å²) in [6.45, 7) is 4.64. The van der Waals surface area contributed by atoms with Gasteiger partial charge in [-0.25, -0.2) is 9.37 Å². The van der Waals surface area contributed by atoms with Gasteiger partial charge in [0.1, 0.15) is 5.82 Å². The highest BCUT2D eigenvalue weighted by Gasteiger charge is 2.21. The molecule has 0 radical (unpaired) electrons. The van der Waals surface area contributed by atoms with Gasteiger partial charge in [-0.05, 0) is 23.3 Å². The number of imidazole rings is 1. The predicted molar refractivity (Wildman–Crippen MR) is 134 cm³/mol. The van der Waals surface area contributed by atoms with Crippen molar-refractivity contribution < 1.29 is 4.39 Å². The largest absolute Gasteiger partial charge is 0.366 e. The number of aromatic nitrogens is 2. The van der Waals surface area contributed by atoms with Crippen molar-refractivity contribution in [1.29, 1.82) is 0 Å². The average molecular weight is 534 g/mol. The molecule has 0 atom stereocenters. The molecule has 4 rings (SSSR count). The Kier molecular flexibility index (Phi) is 8.27. The van der Waals surface area contributed by atoms with Gasteiger partial charge >= 0.3 is 0 Å². The van der Waals surface area contributed by atoms with Crippen LogP contribution in [0.15, 0.2) is 72.2 Å². The van der Waals surface area contributed by atoms with Crippen LogP contribution in [0.25, 0.3) is 0 Å². The molecule has 0 aliphatic carbocycles. The highest BCUT2D eigenvalue weighted by Crippen LogP contribution is 2.20. The van der Waals surface area contributed by atoms with E-state index in [9.17, 15) is 4.39 Å². The highest BCUT2D eigenvalue weighted by molar-refractivity contribution is 14.0. The predicted octanol–water partition coefficient (Wildman–Crippen LogP) is 3.59. The molecule has 0 spiro atoms. The summed E-state index contributed by atoms with van der Waals surface area (Å²) in [4.78, 5) is 12.9. The topological polar surface area (TPSA) is 48.7 Å². The van der Waals surface area contributed by atoms with Gasteiger partial charge in [0.15, 0.2) is 5.96 Å². The van der Waals surface area contributed by atoms with E-state index in [0.717, 1.165) is 38.7 Å². The van der Waals surface area contributed by atoms with E-state index in [1.807, 2.05) is 24.7 Å². The number of hydrogen-bond donors (Lipinski definition) is 1. The van der Waals surface area contributed by atoms with Crippen molar-refractivity contribution in [2.45, 2.75) is 13.1 Å². The van der Waals surface area contributed by atoms with Gasteiger partial charge in [0.2, 0.25) is 0 Å². The number of aliphatic imine (C=N–C) groups is 1. The van der Waals surface area contributed by atoms with E-state index in [4.69, 9.17) is 0 Å². The van der Waals surface area contributed by atoms with Crippen molar-refractivity contribution >= 4 is 35.6 Å². The van der Waals surface area contributed by atoms with E-state index in [2.05, 4.69) is 53.9 Å². The molecule has 6 nitrogen and oxygen atoms in total. The van der Waals surface area contributed by atoms with Crippen molar-refractivity contribution in [2.75, 3.05) is 38.1 Å². The van der Waals surface area contributed by atoms with E-state index in [-0.39, 0.29) is 29.8 Å². The molecule has 2 aromatic carbocycles. The maximum Gasteiger partial charge on any atom is 0.194 e. The standard InChI is InChI=1S/C23H27FN6.HI/c1-25-23(30-13-11-29(12-14-30)22-8-3-2-7-21(22)24)27-16-19-5-4-6-20(15-19)17-28-10-9-26-18-28;/h2-10,15,18H,11-14,16-17H2,1H3,(H,25,27);1H. The third kappa shape index (κ3) is 5.96. The Hall–Kier alpha value is -2.62. The first kappa shape index (κ1) is 23.1. The van der Waals surface area contributed by atoms with Crippen LogP contribution in [0, 0.1) is 5.82 Å². The minimum Gasteiger partial charge on any atom is -0.366 e. The number of nitrogens with zero attached hydrogens (tertiary/aromatic N) is 5. The van der Waals surface area contributed by atoms with Gasteiger partial charge in [-0.1, -0.05) is 36.4 Å². The number of halogens is 2. The van der Waals surface area contributed by atoms with E-state index < -0.39 is 0 Å². The molecule has 0 amide bonds. The van der Waals surface area contributed by atoms with Crippen molar-refractivity contribution in [2.24, 2.45) is 4.99 Å². The quantitative estimate of drug-likeness (QED) is 0.309. The summed E-state index contributed by atoms with van der Waals surface area (Å²) in [7, 11) is 1.81. The van der Waals surface area contributed by atoms with E-state index in [1.165, 1.54) is 17.2 Å². The summed E-state index contributed by atoms with van der Waals surface area (Å²) >= 11 is 0. The molecule has 1 aliphatic heterocycles. The van der Waals surface area contributed by atoms with Gasteiger partial charge in [0.25, 0.3) is 0 Å². The number of benzene rings is 2. The second kappa shape index (κ2) is 11.1. The van der Waals surface area contributed by atoms with Crippen molar-refractivity contribution in [1.82, 2.24) is 19.8 Å². The van der Waals surface area contributed by atoms with Gasteiger partial charge in [-0.15, -0.1) is 24.0 Å². The van der Waals surface area contributed by atoms with E-state index in [0.29, 0.717) is 12.2 Å². The van der Waals surface area contributed by atoms with E-state index in [1.54, 1.807) is 19.3 Å². The zero-order valence-electron chi connectivity index (χ0n) is 17.6. The summed E-state index contributed by atoms with van der Waals surface area (Å²) in [5.41, 5.74) is 3.12. The fourth-order valence-corrected chi connectivity index (χ4v) is 3.81. The summed E-state index contributed by atoms with van der Waals surface area (Å²) in [5, 5.41) is 3.47. The zero-order valence-corrected chi connectivity index (χ0v) is 19.9. The summed E-state index contributed by atoms with van der Waals surface area (Å²) in [6, 6.07) is 15.5. The first-order chi connectivity index (χ1) is 14.7. The van der Waals surface area contributed by atoms with Gasteiger partial charge in [0, 0.05) is 58.7 Å². The molecule has 2 heterocycles. The molecule has 0 saturated carbocycles. The maximum absolute atomic E-state index is 14.1. The van der Waals surface area contributed by atoms with E-state index >= 15 is 0 Å². The van der Waals surface area contributed by atoms with Gasteiger partial charge in [0.05, 0.1) is 12.0 Å². The first-order valence-electron chi connectivity index (χ1n) is 10.2. The molecule has 3 aromatic rings. The molecule has 31 heavy (non-hydrogen) atoms. The number of hydrogen-bond acceptors (Lipinski definition) is 3. The lowest BCUT2D eigenvalue weighted by molar-refractivity contribution is 0.370. The first-order valence-corrected chi connectivity index (χ1v) is 10.2. The minimum atomic E-state index is -0.163. The van der Waals surface area contributed by atoms with Crippen LogP contribution in [-0.2, 0) is 13.1 Å². The third-order valence-corrected chi connectivity index (χ3v) is 5.35. The fourth-order valence-electron chi connectivity index (χ4n) is 3.81. The Labute approximate surface area is 199 Å². The molecule has 1 aromatic heterocycles. The summed E-state index contributed by atoms with van der Waals surface area (Å²) in [5.74, 6) is 0.715. The monoisotopic (exact) mass is 534 g/mol. The normalized spacial score (nSPS) is 14.3. The number of guanidine groups is 1. The number of anilines is 1. The highest BCUT2D eigenvalue weighted by atomic mass is 127. The minimum absolute atomic E-state index is 0. The van der Waals surface area contributed by atoms with Crippen LogP contribution in [0.2, 0.25) is 0 Å². The van der Waals surface area contributed by atoms with Crippen LogP contribution < -0.4 is 10.2 Å². The van der Waals surface area contributed by atoms with Crippen molar-refractivity contribution in [3.05, 3.63) is 84.2 Å². The Morgan fingerprint density at radius 3 is 2.55 bits per heavy atom. The van der Waals surface area contributed by atoms with Crippen LogP contribution in [-0.4, -0.2) is 53.6 Å². The lowest BCUT2D eigenvalue weighted by Crippen LogP contribution is -2.52. The number of piperazine rings is 1. The van der Waals surface area contributed by atoms with Crippen LogP contribution in [0.1, 0.15) is 11.1 Å². The Morgan fingerprint density at radius 2 is 1.84 bits per heavy atom. The van der Waals surface area contributed by atoms with Crippen LogP contribution in [0.5, 0.6) is 0 Å². The molecule has 0 unspecified atom stereocenters. The van der Waals surface area contributed by atoms with Crippen LogP contribution in [0.3, 0.4) is 0 Å². The summed E-state index contributed by atoms with van der Waals surface area (Å²) < 4.78 is 16.1. The molecule has 1 saturated heterocycles.